The molecule has 21 heavy (non-hydrogen) atoms. The number of nitrogens with zero attached hydrogens (tertiary/aromatic N) is 2. The molecule has 0 bridgehead atoms. The summed E-state index contributed by atoms with van der Waals surface area (Å²) in [4.78, 5) is 8.16. The van der Waals surface area contributed by atoms with E-state index < -0.39 is 5.82 Å². The maximum atomic E-state index is 13.9. The van der Waals surface area contributed by atoms with Crippen LogP contribution in [0.25, 0.3) is 0 Å². The molecule has 0 fully saturated rings. The quantitative estimate of drug-likeness (QED) is 0.824. The number of halogens is 2. The zero-order valence-corrected chi connectivity index (χ0v) is 12.9. The molecule has 0 amide bonds. The van der Waals surface area contributed by atoms with Gasteiger partial charge in [-0.1, -0.05) is 25.4 Å². The topological polar surface area (TPSA) is 47.0 Å². The fourth-order valence-electron chi connectivity index (χ4n) is 1.97. The van der Waals surface area contributed by atoms with E-state index in [-0.39, 0.29) is 11.7 Å². The van der Waals surface area contributed by atoms with E-state index in [2.05, 4.69) is 15.3 Å². The number of hydrogen-bond acceptors (Lipinski definition) is 4. The lowest BCUT2D eigenvalue weighted by molar-refractivity contribution is 0.321. The Hall–Kier alpha value is -1.88. The van der Waals surface area contributed by atoms with Gasteiger partial charge in [0.05, 0.1) is 6.61 Å². The first-order valence-corrected chi connectivity index (χ1v) is 7.10. The number of anilines is 2. The lowest BCUT2D eigenvalue weighted by Crippen LogP contribution is -2.03. The fraction of sp³-hybridized carbons (Fsp3) is 0.333. The van der Waals surface area contributed by atoms with E-state index in [1.807, 2.05) is 20.8 Å². The number of benzene rings is 1. The van der Waals surface area contributed by atoms with Crippen LogP contribution in [-0.2, 0) is 0 Å². The van der Waals surface area contributed by atoms with Gasteiger partial charge in [0.25, 0.3) is 0 Å². The highest BCUT2D eigenvalue weighted by molar-refractivity contribution is 6.30. The van der Waals surface area contributed by atoms with Crippen LogP contribution in [0.1, 0.15) is 32.3 Å². The van der Waals surface area contributed by atoms with Gasteiger partial charge in [-0.15, -0.1) is 0 Å². The van der Waals surface area contributed by atoms with Gasteiger partial charge in [-0.25, -0.2) is 14.4 Å². The second-order valence-corrected chi connectivity index (χ2v) is 5.14. The van der Waals surface area contributed by atoms with Crippen LogP contribution in [0.5, 0.6) is 5.75 Å². The molecule has 0 saturated carbocycles. The smallest absolute Gasteiger partial charge is 0.167 e. The maximum absolute atomic E-state index is 13.9. The Morgan fingerprint density at radius 2 is 2.10 bits per heavy atom. The van der Waals surface area contributed by atoms with Crippen LogP contribution in [0.15, 0.2) is 24.5 Å². The minimum Gasteiger partial charge on any atom is -0.491 e. The normalized spacial score (nSPS) is 10.8. The molecular weight excluding hydrogens is 293 g/mol. The molecule has 2 aromatic rings. The SMILES string of the molecule is CCOc1ccc(Nc2ncnc(Cl)c2C(C)C)cc1F. The third-order valence-electron chi connectivity index (χ3n) is 2.91. The summed E-state index contributed by atoms with van der Waals surface area (Å²) in [6.07, 6.45) is 1.38. The van der Waals surface area contributed by atoms with Gasteiger partial charge in [-0.3, -0.25) is 0 Å². The van der Waals surface area contributed by atoms with Crippen molar-refractivity contribution in [2.24, 2.45) is 0 Å². The Morgan fingerprint density at radius 1 is 1.33 bits per heavy atom. The summed E-state index contributed by atoms with van der Waals surface area (Å²) in [5.41, 5.74) is 1.38. The molecule has 2 rings (SSSR count). The molecule has 0 radical (unpaired) electrons. The van der Waals surface area contributed by atoms with E-state index in [4.69, 9.17) is 16.3 Å². The van der Waals surface area contributed by atoms with Gasteiger partial charge in [-0.05, 0) is 25.0 Å². The minimum absolute atomic E-state index is 0.147. The van der Waals surface area contributed by atoms with Gasteiger partial charge in [0, 0.05) is 17.3 Å². The average molecular weight is 310 g/mol. The van der Waals surface area contributed by atoms with Crippen molar-refractivity contribution in [3.05, 3.63) is 41.1 Å². The molecule has 0 aliphatic heterocycles. The standard InChI is InChI=1S/C15H17ClFN3O/c1-4-21-12-6-5-10(7-11(12)17)20-15-13(9(2)3)14(16)18-8-19-15/h5-9H,4H2,1-3H3,(H,18,19,20). The summed E-state index contributed by atoms with van der Waals surface area (Å²) < 4.78 is 19.0. The number of hydrogen-bond donors (Lipinski definition) is 1. The van der Waals surface area contributed by atoms with E-state index in [0.29, 0.717) is 23.3 Å². The summed E-state index contributed by atoms with van der Waals surface area (Å²) in [5, 5.41) is 3.47. The van der Waals surface area contributed by atoms with Gasteiger partial charge in [-0.2, -0.15) is 0 Å². The van der Waals surface area contributed by atoms with Crippen molar-refractivity contribution in [2.75, 3.05) is 11.9 Å². The zero-order chi connectivity index (χ0) is 15.4. The van der Waals surface area contributed by atoms with E-state index >= 15 is 0 Å². The molecule has 6 heteroatoms. The Labute approximate surface area is 128 Å². The molecule has 0 spiro atoms. The highest BCUT2D eigenvalue weighted by atomic mass is 35.5. The first kappa shape index (κ1) is 15.5. The molecule has 0 saturated heterocycles. The zero-order valence-electron chi connectivity index (χ0n) is 12.2. The van der Waals surface area contributed by atoms with Crippen LogP contribution in [0.2, 0.25) is 5.15 Å². The van der Waals surface area contributed by atoms with Gasteiger partial charge in [0.2, 0.25) is 0 Å². The number of aromatic nitrogens is 2. The monoisotopic (exact) mass is 309 g/mol. The van der Waals surface area contributed by atoms with Crippen molar-refractivity contribution in [2.45, 2.75) is 26.7 Å². The highest BCUT2D eigenvalue weighted by Gasteiger charge is 2.14. The maximum Gasteiger partial charge on any atom is 0.167 e. The number of rotatable bonds is 5. The predicted octanol–water partition coefficient (Wildman–Crippen LogP) is 4.53. The predicted molar refractivity (Wildman–Crippen MR) is 82.0 cm³/mol. The Morgan fingerprint density at radius 3 is 2.71 bits per heavy atom. The Kier molecular flexibility index (Phi) is 4.96. The summed E-state index contributed by atoms with van der Waals surface area (Å²) in [6, 6.07) is 4.68. The molecule has 1 heterocycles. The third-order valence-corrected chi connectivity index (χ3v) is 3.21. The van der Waals surface area contributed by atoms with Gasteiger partial charge in [0.15, 0.2) is 11.6 Å². The molecule has 0 unspecified atom stereocenters. The minimum atomic E-state index is -0.423. The summed E-state index contributed by atoms with van der Waals surface area (Å²) >= 11 is 6.10. The molecule has 0 aliphatic carbocycles. The lowest BCUT2D eigenvalue weighted by atomic mass is 10.1. The second kappa shape index (κ2) is 6.72. The number of ether oxygens (including phenoxy) is 1. The third kappa shape index (κ3) is 3.61. The van der Waals surface area contributed by atoms with Crippen molar-refractivity contribution >= 4 is 23.1 Å². The summed E-state index contributed by atoms with van der Waals surface area (Å²) in [7, 11) is 0. The average Bonchev–Trinajstić information content (AvgIpc) is 2.41. The Balaban J connectivity index is 2.30. The van der Waals surface area contributed by atoms with Crippen LogP contribution >= 0.6 is 11.6 Å². The highest BCUT2D eigenvalue weighted by Crippen LogP contribution is 2.31. The van der Waals surface area contributed by atoms with Gasteiger partial charge in [0.1, 0.15) is 17.3 Å². The molecule has 0 aliphatic rings. The Bertz CT molecular complexity index is 634. The second-order valence-electron chi connectivity index (χ2n) is 4.78. The fourth-order valence-corrected chi connectivity index (χ4v) is 2.32. The molecular formula is C15H17ClFN3O. The lowest BCUT2D eigenvalue weighted by Gasteiger charge is -2.14. The van der Waals surface area contributed by atoms with Crippen LogP contribution in [0, 0.1) is 5.82 Å². The van der Waals surface area contributed by atoms with E-state index in [9.17, 15) is 4.39 Å². The van der Waals surface area contributed by atoms with Crippen molar-refractivity contribution in [3.63, 3.8) is 0 Å². The summed E-state index contributed by atoms with van der Waals surface area (Å²) in [6.45, 7) is 6.22. The van der Waals surface area contributed by atoms with Crippen LogP contribution in [0.3, 0.4) is 0 Å². The molecule has 0 atom stereocenters. The van der Waals surface area contributed by atoms with Crippen LogP contribution in [0.4, 0.5) is 15.9 Å². The van der Waals surface area contributed by atoms with E-state index in [1.165, 1.54) is 12.4 Å². The molecule has 1 aromatic heterocycles. The van der Waals surface area contributed by atoms with Crippen LogP contribution in [-0.4, -0.2) is 16.6 Å². The van der Waals surface area contributed by atoms with Crippen molar-refractivity contribution in [1.82, 2.24) is 9.97 Å². The molecule has 112 valence electrons. The number of nitrogens with one attached hydrogen (secondary N) is 1. The van der Waals surface area contributed by atoms with Crippen molar-refractivity contribution in [1.29, 1.82) is 0 Å². The van der Waals surface area contributed by atoms with E-state index in [1.54, 1.807) is 12.1 Å². The van der Waals surface area contributed by atoms with Gasteiger partial charge < -0.3 is 10.1 Å². The largest absolute Gasteiger partial charge is 0.491 e. The molecule has 1 aromatic carbocycles. The van der Waals surface area contributed by atoms with Crippen molar-refractivity contribution in [3.8, 4) is 5.75 Å². The van der Waals surface area contributed by atoms with Gasteiger partial charge >= 0.3 is 0 Å². The molecule has 1 N–H and O–H groups in total. The van der Waals surface area contributed by atoms with Crippen LogP contribution < -0.4 is 10.1 Å². The first-order valence-electron chi connectivity index (χ1n) is 6.72. The summed E-state index contributed by atoms with van der Waals surface area (Å²) in [5.74, 6) is 0.531. The molecule has 4 nitrogen and oxygen atoms in total. The van der Waals surface area contributed by atoms with E-state index in [0.717, 1.165) is 5.56 Å². The van der Waals surface area contributed by atoms with Crippen molar-refractivity contribution < 1.29 is 9.13 Å². The first-order chi connectivity index (χ1) is 10.0.